The number of aromatic hydroxyl groups is 1. The standard InChI is InChI=1S/C29H40O/c1-16-17(2)27(30)26(29-13-22-7-23(14-29)9-24(8-22)15-29)18(3)25(16)28-10-19-4-20(11-28)6-21(5-19)12-28/h19-24,30H,4-15H2,1-3H3. The fourth-order valence-corrected chi connectivity index (χ4v) is 11.4. The van der Waals surface area contributed by atoms with Crippen molar-refractivity contribution in [2.24, 2.45) is 35.5 Å². The lowest BCUT2D eigenvalue weighted by Gasteiger charge is -2.59. The van der Waals surface area contributed by atoms with Crippen LogP contribution in [-0.4, -0.2) is 5.11 Å². The molecule has 0 amide bonds. The van der Waals surface area contributed by atoms with Crippen LogP contribution in [0, 0.1) is 56.3 Å². The molecule has 0 saturated heterocycles. The fourth-order valence-electron chi connectivity index (χ4n) is 11.4. The second-order valence-corrected chi connectivity index (χ2v) is 13.4. The maximum atomic E-state index is 11.6. The van der Waals surface area contributed by atoms with Crippen LogP contribution in [0.25, 0.3) is 0 Å². The fraction of sp³-hybridized carbons (Fsp3) is 0.793. The summed E-state index contributed by atoms with van der Waals surface area (Å²) in [4.78, 5) is 0. The molecule has 8 aliphatic carbocycles. The topological polar surface area (TPSA) is 20.2 Å². The summed E-state index contributed by atoms with van der Waals surface area (Å²) < 4.78 is 0. The van der Waals surface area contributed by atoms with Crippen molar-refractivity contribution in [1.82, 2.24) is 0 Å². The summed E-state index contributed by atoms with van der Waals surface area (Å²) in [7, 11) is 0. The molecule has 0 heterocycles. The van der Waals surface area contributed by atoms with Crippen LogP contribution in [-0.2, 0) is 10.8 Å². The number of benzene rings is 1. The first kappa shape index (κ1) is 18.6. The van der Waals surface area contributed by atoms with Crippen LogP contribution >= 0.6 is 0 Å². The molecule has 0 aromatic heterocycles. The molecular weight excluding hydrogens is 364 g/mol. The summed E-state index contributed by atoms with van der Waals surface area (Å²) in [6.07, 6.45) is 17.3. The molecule has 0 atom stereocenters. The quantitative estimate of drug-likeness (QED) is 0.550. The number of rotatable bonds is 2. The molecule has 0 unspecified atom stereocenters. The molecule has 30 heavy (non-hydrogen) atoms. The minimum atomic E-state index is 0.290. The number of phenolic OH excluding ortho intramolecular Hbond substituents is 1. The molecule has 8 saturated carbocycles. The van der Waals surface area contributed by atoms with Crippen LogP contribution in [0.1, 0.15) is 105 Å². The molecule has 1 nitrogen and oxygen atoms in total. The molecule has 0 spiro atoms. The first-order valence-corrected chi connectivity index (χ1v) is 13.2. The molecule has 162 valence electrons. The maximum Gasteiger partial charge on any atom is 0.122 e. The minimum Gasteiger partial charge on any atom is -0.507 e. The Labute approximate surface area is 183 Å². The van der Waals surface area contributed by atoms with Gasteiger partial charge in [0.25, 0.3) is 0 Å². The van der Waals surface area contributed by atoms with Crippen LogP contribution in [0.5, 0.6) is 5.75 Å². The predicted octanol–water partition coefficient (Wildman–Crippen LogP) is 7.25. The zero-order chi connectivity index (χ0) is 20.4. The van der Waals surface area contributed by atoms with Gasteiger partial charge in [-0.15, -0.1) is 0 Å². The van der Waals surface area contributed by atoms with Crippen molar-refractivity contribution in [2.45, 2.75) is 109 Å². The second kappa shape index (κ2) is 5.87. The van der Waals surface area contributed by atoms with E-state index in [1.807, 2.05) is 0 Å². The summed E-state index contributed by atoms with van der Waals surface area (Å²) in [6, 6.07) is 0. The van der Waals surface area contributed by atoms with E-state index in [1.54, 1.807) is 11.1 Å². The Morgan fingerprint density at radius 2 is 0.833 bits per heavy atom. The van der Waals surface area contributed by atoms with Gasteiger partial charge in [-0.25, -0.2) is 0 Å². The average Bonchev–Trinajstić information content (AvgIpc) is 2.64. The molecular formula is C29H40O. The van der Waals surface area contributed by atoms with Crippen molar-refractivity contribution in [2.75, 3.05) is 0 Å². The van der Waals surface area contributed by atoms with Gasteiger partial charge in [0.15, 0.2) is 0 Å². The highest BCUT2D eigenvalue weighted by molar-refractivity contribution is 5.60. The second-order valence-electron chi connectivity index (χ2n) is 13.4. The van der Waals surface area contributed by atoms with Gasteiger partial charge in [0.1, 0.15) is 5.75 Å². The van der Waals surface area contributed by atoms with Crippen LogP contribution in [0.4, 0.5) is 0 Å². The molecule has 9 rings (SSSR count). The zero-order valence-corrected chi connectivity index (χ0v) is 19.4. The molecule has 1 aromatic carbocycles. The molecule has 1 N–H and O–H groups in total. The lowest BCUT2D eigenvalue weighted by atomic mass is 9.45. The Kier molecular flexibility index (Phi) is 3.64. The van der Waals surface area contributed by atoms with Crippen LogP contribution in [0.3, 0.4) is 0 Å². The van der Waals surface area contributed by atoms with E-state index in [-0.39, 0.29) is 0 Å². The molecule has 0 aliphatic heterocycles. The highest BCUT2D eigenvalue weighted by Gasteiger charge is 2.56. The lowest BCUT2D eigenvalue weighted by molar-refractivity contribution is -0.00978. The largest absolute Gasteiger partial charge is 0.507 e. The summed E-state index contributed by atoms with van der Waals surface area (Å²) in [5, 5.41) is 11.6. The van der Waals surface area contributed by atoms with Gasteiger partial charge in [-0.3, -0.25) is 0 Å². The van der Waals surface area contributed by atoms with Gasteiger partial charge in [0.2, 0.25) is 0 Å². The van der Waals surface area contributed by atoms with Crippen LogP contribution in [0.15, 0.2) is 0 Å². The van der Waals surface area contributed by atoms with Gasteiger partial charge < -0.3 is 5.11 Å². The maximum absolute atomic E-state index is 11.6. The highest BCUT2D eigenvalue weighted by atomic mass is 16.3. The third kappa shape index (κ3) is 2.31. The van der Waals surface area contributed by atoms with E-state index in [9.17, 15) is 5.11 Å². The molecule has 1 aromatic rings. The molecule has 0 radical (unpaired) electrons. The first-order chi connectivity index (χ1) is 14.4. The van der Waals surface area contributed by atoms with Crippen LogP contribution in [0.2, 0.25) is 0 Å². The Bertz CT molecular complexity index is 779. The Hall–Kier alpha value is -0.980. The van der Waals surface area contributed by atoms with Gasteiger partial charge in [-0.2, -0.15) is 0 Å². The van der Waals surface area contributed by atoms with E-state index >= 15 is 0 Å². The van der Waals surface area contributed by atoms with Crippen molar-refractivity contribution < 1.29 is 5.11 Å². The van der Waals surface area contributed by atoms with Crippen LogP contribution < -0.4 is 0 Å². The van der Waals surface area contributed by atoms with Gasteiger partial charge >= 0.3 is 0 Å². The normalized spacial score (nSPS) is 48.0. The van der Waals surface area contributed by atoms with Crippen molar-refractivity contribution in [3.8, 4) is 5.75 Å². The van der Waals surface area contributed by atoms with E-state index < -0.39 is 0 Å². The van der Waals surface area contributed by atoms with E-state index in [1.165, 1.54) is 93.7 Å². The third-order valence-electron chi connectivity index (χ3n) is 11.4. The molecule has 1 heteroatoms. The van der Waals surface area contributed by atoms with Crippen molar-refractivity contribution in [3.63, 3.8) is 0 Å². The monoisotopic (exact) mass is 404 g/mol. The first-order valence-electron chi connectivity index (χ1n) is 13.2. The minimum absolute atomic E-state index is 0.290. The molecule has 8 aliphatic rings. The smallest absolute Gasteiger partial charge is 0.122 e. The molecule has 8 bridgehead atoms. The predicted molar refractivity (Wildman–Crippen MR) is 122 cm³/mol. The van der Waals surface area contributed by atoms with Crippen molar-refractivity contribution >= 4 is 0 Å². The highest BCUT2D eigenvalue weighted by Crippen LogP contribution is 2.66. The SMILES string of the molecule is Cc1c(C)c(C23CC4CC(CC(C4)C2)C3)c(C)c(C23CC4CC(CC(C4)C2)C3)c1O. The summed E-state index contributed by atoms with van der Waals surface area (Å²) in [5.74, 6) is 6.42. The summed E-state index contributed by atoms with van der Waals surface area (Å²) in [6.45, 7) is 7.02. The third-order valence-corrected chi connectivity index (χ3v) is 11.4. The van der Waals surface area contributed by atoms with Gasteiger partial charge in [-0.1, -0.05) is 0 Å². The number of phenols is 1. The zero-order valence-electron chi connectivity index (χ0n) is 19.4. The van der Waals surface area contributed by atoms with Crippen molar-refractivity contribution in [1.29, 1.82) is 0 Å². The number of hydrogen-bond donors (Lipinski definition) is 1. The summed E-state index contributed by atoms with van der Waals surface area (Å²) >= 11 is 0. The Morgan fingerprint density at radius 1 is 0.500 bits per heavy atom. The van der Waals surface area contributed by atoms with E-state index in [0.29, 0.717) is 16.6 Å². The van der Waals surface area contributed by atoms with E-state index in [0.717, 1.165) is 35.5 Å². The number of hydrogen-bond acceptors (Lipinski definition) is 1. The van der Waals surface area contributed by atoms with Crippen molar-refractivity contribution in [3.05, 3.63) is 27.8 Å². The van der Waals surface area contributed by atoms with Gasteiger partial charge in [0, 0.05) is 11.0 Å². The van der Waals surface area contributed by atoms with E-state index in [4.69, 9.17) is 0 Å². The average molecular weight is 405 g/mol. The Balaban J connectivity index is 1.42. The van der Waals surface area contributed by atoms with Gasteiger partial charge in [-0.05, 0) is 161 Å². The Morgan fingerprint density at radius 3 is 1.20 bits per heavy atom. The van der Waals surface area contributed by atoms with Gasteiger partial charge in [0.05, 0.1) is 0 Å². The lowest BCUT2D eigenvalue weighted by Crippen LogP contribution is -2.51. The van der Waals surface area contributed by atoms with E-state index in [2.05, 4.69) is 20.8 Å². The molecule has 8 fully saturated rings. The summed E-state index contributed by atoms with van der Waals surface area (Å²) in [5.41, 5.74) is 8.09.